The second kappa shape index (κ2) is 6.87. The monoisotopic (exact) mass is 242 g/mol. The molecular formula is C13H22O4. The summed E-state index contributed by atoms with van der Waals surface area (Å²) in [6.45, 7) is 2.06. The zero-order valence-electron chi connectivity index (χ0n) is 10.9. The Morgan fingerprint density at radius 2 is 2.00 bits per heavy atom. The van der Waals surface area contributed by atoms with Gasteiger partial charge in [-0.1, -0.05) is 19.8 Å². The largest absolute Gasteiger partial charge is 0.349 e. The third-order valence-electron chi connectivity index (χ3n) is 3.43. The number of hydrogen-bond donors (Lipinski definition) is 0. The number of carbonyl (C=O) groups is 2. The van der Waals surface area contributed by atoms with E-state index >= 15 is 0 Å². The zero-order chi connectivity index (χ0) is 12.8. The van der Waals surface area contributed by atoms with Crippen LogP contribution in [0.3, 0.4) is 0 Å². The van der Waals surface area contributed by atoms with Crippen molar-refractivity contribution in [3.05, 3.63) is 0 Å². The van der Waals surface area contributed by atoms with Crippen LogP contribution in [0.2, 0.25) is 0 Å². The fourth-order valence-corrected chi connectivity index (χ4v) is 2.55. The van der Waals surface area contributed by atoms with E-state index in [1.165, 1.54) is 14.2 Å². The van der Waals surface area contributed by atoms with Gasteiger partial charge in [-0.25, -0.2) is 0 Å². The Balaban J connectivity index is 2.69. The lowest BCUT2D eigenvalue weighted by atomic mass is 9.76. The van der Waals surface area contributed by atoms with E-state index in [9.17, 15) is 9.59 Å². The van der Waals surface area contributed by atoms with Gasteiger partial charge in [0, 0.05) is 20.1 Å². The van der Waals surface area contributed by atoms with Gasteiger partial charge in [0.1, 0.15) is 5.78 Å². The highest BCUT2D eigenvalue weighted by Gasteiger charge is 2.38. The molecule has 0 saturated heterocycles. The lowest BCUT2D eigenvalue weighted by Gasteiger charge is -2.28. The van der Waals surface area contributed by atoms with Crippen LogP contribution in [0.4, 0.5) is 0 Å². The molecule has 0 aromatic rings. The van der Waals surface area contributed by atoms with E-state index in [0.29, 0.717) is 6.42 Å². The highest BCUT2D eigenvalue weighted by Crippen LogP contribution is 2.30. The Bertz CT molecular complexity index is 269. The molecule has 0 bridgehead atoms. The first-order valence-corrected chi connectivity index (χ1v) is 6.28. The van der Waals surface area contributed by atoms with Crippen molar-refractivity contribution in [3.8, 4) is 0 Å². The number of Topliss-reactive ketones (excluding diaryl/α,β-unsaturated/α-hetero) is 2. The molecule has 17 heavy (non-hydrogen) atoms. The van der Waals surface area contributed by atoms with E-state index in [-0.39, 0.29) is 17.5 Å². The molecule has 0 amide bonds. The van der Waals surface area contributed by atoms with Gasteiger partial charge in [-0.2, -0.15) is 0 Å². The third-order valence-corrected chi connectivity index (χ3v) is 3.43. The maximum Gasteiger partial charge on any atom is 0.218 e. The molecule has 0 aromatic carbocycles. The van der Waals surface area contributed by atoms with Crippen LogP contribution in [0, 0.1) is 11.8 Å². The molecule has 0 N–H and O–H groups in total. The van der Waals surface area contributed by atoms with E-state index in [0.717, 1.165) is 25.7 Å². The standard InChI is InChI=1S/C13H22O4/c1-4-6-9-7-5-8-10(11(9)14)12(15)13(16-2)17-3/h9-10,13H,4-8H2,1-3H3. The molecule has 0 heterocycles. The Kier molecular flexibility index (Phi) is 5.78. The predicted octanol–water partition coefficient (Wildman–Crippen LogP) is 1.96. The summed E-state index contributed by atoms with van der Waals surface area (Å²) in [6, 6.07) is 0. The van der Waals surface area contributed by atoms with Crippen molar-refractivity contribution in [1.29, 1.82) is 0 Å². The van der Waals surface area contributed by atoms with Gasteiger partial charge >= 0.3 is 0 Å². The van der Waals surface area contributed by atoms with E-state index in [1.807, 2.05) is 0 Å². The molecule has 1 aliphatic rings. The minimum absolute atomic E-state index is 0.0528. The van der Waals surface area contributed by atoms with Gasteiger partial charge in [0.25, 0.3) is 0 Å². The van der Waals surface area contributed by atoms with Crippen molar-refractivity contribution in [1.82, 2.24) is 0 Å². The highest BCUT2D eigenvalue weighted by atomic mass is 16.7. The normalized spacial score (nSPS) is 25.3. The van der Waals surface area contributed by atoms with Crippen molar-refractivity contribution >= 4 is 11.6 Å². The summed E-state index contributed by atoms with van der Waals surface area (Å²) in [4.78, 5) is 24.2. The topological polar surface area (TPSA) is 52.6 Å². The minimum Gasteiger partial charge on any atom is -0.349 e. The van der Waals surface area contributed by atoms with Crippen molar-refractivity contribution < 1.29 is 19.1 Å². The number of ketones is 2. The summed E-state index contributed by atoms with van der Waals surface area (Å²) in [7, 11) is 2.84. The van der Waals surface area contributed by atoms with Crippen molar-refractivity contribution in [3.63, 3.8) is 0 Å². The lowest BCUT2D eigenvalue weighted by Crippen LogP contribution is -2.40. The van der Waals surface area contributed by atoms with Gasteiger partial charge in [-0.05, 0) is 19.3 Å². The van der Waals surface area contributed by atoms with Gasteiger partial charge in [0.05, 0.1) is 5.92 Å². The molecule has 1 fully saturated rings. The van der Waals surface area contributed by atoms with E-state index in [4.69, 9.17) is 9.47 Å². The lowest BCUT2D eigenvalue weighted by molar-refractivity contribution is -0.164. The molecule has 4 heteroatoms. The van der Waals surface area contributed by atoms with Crippen molar-refractivity contribution in [2.45, 2.75) is 45.3 Å². The molecule has 1 rings (SSSR count). The smallest absolute Gasteiger partial charge is 0.218 e. The van der Waals surface area contributed by atoms with Crippen LogP contribution in [0.5, 0.6) is 0 Å². The summed E-state index contributed by atoms with van der Waals surface area (Å²) >= 11 is 0. The minimum atomic E-state index is -0.899. The van der Waals surface area contributed by atoms with Crippen LogP contribution in [0.1, 0.15) is 39.0 Å². The molecule has 1 saturated carbocycles. The Morgan fingerprint density at radius 3 is 2.53 bits per heavy atom. The highest BCUT2D eigenvalue weighted by molar-refractivity contribution is 6.05. The molecule has 0 radical (unpaired) electrons. The molecule has 0 aromatic heterocycles. The van der Waals surface area contributed by atoms with Gasteiger partial charge in [-0.3, -0.25) is 9.59 Å². The predicted molar refractivity (Wildman–Crippen MR) is 63.6 cm³/mol. The average Bonchev–Trinajstić information content (AvgIpc) is 2.33. The maximum absolute atomic E-state index is 12.2. The van der Waals surface area contributed by atoms with Gasteiger partial charge in [0.15, 0.2) is 5.78 Å². The summed E-state index contributed by atoms with van der Waals surface area (Å²) in [5.41, 5.74) is 0. The third kappa shape index (κ3) is 3.36. The second-order valence-corrected chi connectivity index (χ2v) is 4.58. The molecule has 0 spiro atoms. The Hall–Kier alpha value is -0.740. The first-order chi connectivity index (χ1) is 8.15. The quantitative estimate of drug-likeness (QED) is 0.528. The molecular weight excluding hydrogens is 220 g/mol. The van der Waals surface area contributed by atoms with E-state index < -0.39 is 12.2 Å². The number of rotatable bonds is 6. The SMILES string of the molecule is CCCC1CCCC(C(=O)C(OC)OC)C1=O. The zero-order valence-corrected chi connectivity index (χ0v) is 10.9. The first-order valence-electron chi connectivity index (χ1n) is 6.28. The maximum atomic E-state index is 12.2. The van der Waals surface area contributed by atoms with Crippen LogP contribution >= 0.6 is 0 Å². The molecule has 1 aliphatic carbocycles. The number of ether oxygens (including phenoxy) is 2. The number of carbonyl (C=O) groups excluding carboxylic acids is 2. The number of methoxy groups -OCH3 is 2. The molecule has 2 unspecified atom stereocenters. The summed E-state index contributed by atoms with van der Waals surface area (Å²) in [5.74, 6) is -0.606. The van der Waals surface area contributed by atoms with Crippen LogP contribution < -0.4 is 0 Å². The fourth-order valence-electron chi connectivity index (χ4n) is 2.55. The summed E-state index contributed by atoms with van der Waals surface area (Å²) in [6.07, 6.45) is 3.46. The molecule has 0 aliphatic heterocycles. The fraction of sp³-hybridized carbons (Fsp3) is 0.846. The molecule has 98 valence electrons. The van der Waals surface area contributed by atoms with E-state index in [1.54, 1.807) is 0 Å². The second-order valence-electron chi connectivity index (χ2n) is 4.58. The van der Waals surface area contributed by atoms with Crippen LogP contribution in [0.15, 0.2) is 0 Å². The van der Waals surface area contributed by atoms with Crippen LogP contribution in [0.25, 0.3) is 0 Å². The molecule has 2 atom stereocenters. The number of hydrogen-bond acceptors (Lipinski definition) is 4. The molecule has 4 nitrogen and oxygen atoms in total. The summed E-state index contributed by atoms with van der Waals surface area (Å²) in [5, 5.41) is 0. The van der Waals surface area contributed by atoms with Gasteiger partial charge in [0.2, 0.25) is 6.29 Å². The summed E-state index contributed by atoms with van der Waals surface area (Å²) < 4.78 is 9.87. The van der Waals surface area contributed by atoms with Crippen molar-refractivity contribution in [2.75, 3.05) is 14.2 Å². The Labute approximate surface area is 103 Å². The van der Waals surface area contributed by atoms with Gasteiger partial charge < -0.3 is 9.47 Å². The Morgan fingerprint density at radius 1 is 1.35 bits per heavy atom. The van der Waals surface area contributed by atoms with Crippen molar-refractivity contribution in [2.24, 2.45) is 11.8 Å². The van der Waals surface area contributed by atoms with Crippen LogP contribution in [-0.2, 0) is 19.1 Å². The average molecular weight is 242 g/mol. The van der Waals surface area contributed by atoms with Crippen LogP contribution in [-0.4, -0.2) is 32.1 Å². The van der Waals surface area contributed by atoms with E-state index in [2.05, 4.69) is 6.92 Å². The van der Waals surface area contributed by atoms with Gasteiger partial charge in [-0.15, -0.1) is 0 Å². The first kappa shape index (κ1) is 14.3.